The number of benzene rings is 1. The standard InChI is InChI=1S/C13H11Br2NO3/c1-18-13(17)12-8(4-5-19-12)7-16-11-6-9(14)2-3-10(11)15/h2-6,16H,7H2,1H3. The van der Waals surface area contributed by atoms with Gasteiger partial charge in [-0.3, -0.25) is 0 Å². The van der Waals surface area contributed by atoms with Gasteiger partial charge in [0.2, 0.25) is 5.76 Å². The SMILES string of the molecule is COC(=O)c1occc1CNc1cc(Br)ccc1Br. The molecule has 19 heavy (non-hydrogen) atoms. The van der Waals surface area contributed by atoms with E-state index in [1.807, 2.05) is 18.2 Å². The molecule has 0 saturated heterocycles. The first-order valence-corrected chi connectivity index (χ1v) is 7.04. The van der Waals surface area contributed by atoms with Crippen LogP contribution in [0.25, 0.3) is 0 Å². The van der Waals surface area contributed by atoms with E-state index in [-0.39, 0.29) is 5.76 Å². The maximum atomic E-state index is 11.5. The molecule has 2 rings (SSSR count). The zero-order chi connectivity index (χ0) is 13.8. The van der Waals surface area contributed by atoms with Crippen LogP contribution in [0, 0.1) is 0 Å². The maximum Gasteiger partial charge on any atom is 0.374 e. The van der Waals surface area contributed by atoms with Crippen molar-refractivity contribution in [3.8, 4) is 0 Å². The lowest BCUT2D eigenvalue weighted by Crippen LogP contribution is -2.07. The fourth-order valence-electron chi connectivity index (χ4n) is 1.57. The van der Waals surface area contributed by atoms with Crippen molar-refractivity contribution in [1.82, 2.24) is 0 Å². The van der Waals surface area contributed by atoms with Gasteiger partial charge in [-0.25, -0.2) is 4.79 Å². The summed E-state index contributed by atoms with van der Waals surface area (Å²) in [5, 5.41) is 3.23. The van der Waals surface area contributed by atoms with E-state index in [0.717, 1.165) is 20.2 Å². The Morgan fingerprint density at radius 1 is 1.37 bits per heavy atom. The topological polar surface area (TPSA) is 51.5 Å². The van der Waals surface area contributed by atoms with Crippen LogP contribution < -0.4 is 5.32 Å². The van der Waals surface area contributed by atoms with Crippen molar-refractivity contribution in [2.45, 2.75) is 6.54 Å². The summed E-state index contributed by atoms with van der Waals surface area (Å²) in [6.07, 6.45) is 1.47. The molecule has 0 saturated carbocycles. The van der Waals surface area contributed by atoms with Crippen molar-refractivity contribution in [2.24, 2.45) is 0 Å². The molecule has 1 heterocycles. The third kappa shape index (κ3) is 3.39. The number of hydrogen-bond donors (Lipinski definition) is 1. The number of furan rings is 1. The van der Waals surface area contributed by atoms with E-state index in [4.69, 9.17) is 4.42 Å². The molecule has 2 aromatic rings. The second-order valence-electron chi connectivity index (χ2n) is 3.74. The van der Waals surface area contributed by atoms with Gasteiger partial charge in [-0.2, -0.15) is 0 Å². The number of rotatable bonds is 4. The van der Waals surface area contributed by atoms with Crippen molar-refractivity contribution in [3.05, 3.63) is 50.8 Å². The molecule has 1 N–H and O–H groups in total. The summed E-state index contributed by atoms with van der Waals surface area (Å²) in [5.74, 6) is -0.253. The molecule has 0 amide bonds. The molecular weight excluding hydrogens is 378 g/mol. The Balaban J connectivity index is 2.13. The van der Waals surface area contributed by atoms with Crippen LogP contribution in [0.3, 0.4) is 0 Å². The second kappa shape index (κ2) is 6.25. The number of ether oxygens (including phenoxy) is 1. The lowest BCUT2D eigenvalue weighted by Gasteiger charge is -2.08. The highest BCUT2D eigenvalue weighted by Gasteiger charge is 2.15. The Bertz CT molecular complexity index is 595. The number of anilines is 1. The van der Waals surface area contributed by atoms with Crippen LogP contribution in [0.2, 0.25) is 0 Å². The van der Waals surface area contributed by atoms with Crippen molar-refractivity contribution in [2.75, 3.05) is 12.4 Å². The first-order valence-electron chi connectivity index (χ1n) is 5.45. The predicted octanol–water partition coefficient (Wildman–Crippen LogP) is 4.20. The van der Waals surface area contributed by atoms with Crippen molar-refractivity contribution in [1.29, 1.82) is 0 Å². The Labute approximate surface area is 127 Å². The average molecular weight is 389 g/mol. The molecular formula is C13H11Br2NO3. The van der Waals surface area contributed by atoms with Gasteiger partial charge in [-0.05, 0) is 40.2 Å². The fraction of sp³-hybridized carbons (Fsp3) is 0.154. The summed E-state index contributed by atoms with van der Waals surface area (Å²) in [7, 11) is 1.33. The Kier molecular flexibility index (Phi) is 4.66. The zero-order valence-corrected chi connectivity index (χ0v) is 13.2. The van der Waals surface area contributed by atoms with E-state index >= 15 is 0 Å². The van der Waals surface area contributed by atoms with E-state index in [1.54, 1.807) is 6.07 Å². The van der Waals surface area contributed by atoms with Crippen molar-refractivity contribution in [3.63, 3.8) is 0 Å². The van der Waals surface area contributed by atoms with Gasteiger partial charge in [0.05, 0.1) is 13.4 Å². The number of hydrogen-bond acceptors (Lipinski definition) is 4. The van der Waals surface area contributed by atoms with E-state index < -0.39 is 5.97 Å². The molecule has 0 fully saturated rings. The van der Waals surface area contributed by atoms with Gasteiger partial charge in [0, 0.05) is 26.7 Å². The monoisotopic (exact) mass is 387 g/mol. The van der Waals surface area contributed by atoms with Gasteiger partial charge in [0.25, 0.3) is 0 Å². The molecule has 1 aromatic heterocycles. The molecule has 1 aromatic carbocycles. The predicted molar refractivity (Wildman–Crippen MR) is 79.2 cm³/mol. The Morgan fingerprint density at radius 2 is 2.16 bits per heavy atom. The lowest BCUT2D eigenvalue weighted by atomic mass is 10.2. The largest absolute Gasteiger partial charge is 0.463 e. The highest BCUT2D eigenvalue weighted by atomic mass is 79.9. The maximum absolute atomic E-state index is 11.5. The summed E-state index contributed by atoms with van der Waals surface area (Å²) >= 11 is 6.87. The summed E-state index contributed by atoms with van der Waals surface area (Å²) in [4.78, 5) is 11.5. The van der Waals surface area contributed by atoms with Crippen LogP contribution in [-0.4, -0.2) is 13.1 Å². The molecule has 100 valence electrons. The quantitative estimate of drug-likeness (QED) is 0.797. The molecule has 0 radical (unpaired) electrons. The molecule has 6 heteroatoms. The Morgan fingerprint density at radius 3 is 2.89 bits per heavy atom. The van der Waals surface area contributed by atoms with Crippen LogP contribution in [0.4, 0.5) is 5.69 Å². The van der Waals surface area contributed by atoms with Gasteiger partial charge >= 0.3 is 5.97 Å². The van der Waals surface area contributed by atoms with Gasteiger partial charge in [0.1, 0.15) is 0 Å². The third-order valence-corrected chi connectivity index (χ3v) is 3.70. The fourth-order valence-corrected chi connectivity index (χ4v) is 2.32. The van der Waals surface area contributed by atoms with Gasteiger partial charge in [-0.1, -0.05) is 15.9 Å². The number of nitrogens with one attached hydrogen (secondary N) is 1. The van der Waals surface area contributed by atoms with E-state index in [2.05, 4.69) is 41.9 Å². The molecule has 0 atom stereocenters. The minimum Gasteiger partial charge on any atom is -0.463 e. The number of carbonyl (C=O) groups excluding carboxylic acids is 1. The Hall–Kier alpha value is -1.27. The molecule has 0 aliphatic rings. The van der Waals surface area contributed by atoms with E-state index in [9.17, 15) is 4.79 Å². The van der Waals surface area contributed by atoms with Crippen molar-refractivity contribution < 1.29 is 13.9 Å². The minimum absolute atomic E-state index is 0.223. The van der Waals surface area contributed by atoms with Gasteiger partial charge < -0.3 is 14.5 Å². The summed E-state index contributed by atoms with van der Waals surface area (Å²) in [6, 6.07) is 7.56. The van der Waals surface area contributed by atoms with Crippen LogP contribution >= 0.6 is 31.9 Å². The summed E-state index contributed by atoms with van der Waals surface area (Å²) in [6.45, 7) is 0.468. The first-order chi connectivity index (χ1) is 9.11. The number of halogens is 2. The summed E-state index contributed by atoms with van der Waals surface area (Å²) < 4.78 is 11.7. The molecule has 0 unspecified atom stereocenters. The molecule has 4 nitrogen and oxygen atoms in total. The first kappa shape index (κ1) is 14.1. The zero-order valence-electron chi connectivity index (χ0n) is 10.1. The third-order valence-electron chi connectivity index (χ3n) is 2.52. The summed E-state index contributed by atoms with van der Waals surface area (Å²) in [5.41, 5.74) is 1.67. The van der Waals surface area contributed by atoms with Gasteiger partial charge in [0.15, 0.2) is 0 Å². The number of esters is 1. The van der Waals surface area contributed by atoms with Gasteiger partial charge in [-0.15, -0.1) is 0 Å². The van der Waals surface area contributed by atoms with E-state index in [0.29, 0.717) is 6.54 Å². The molecule has 0 bridgehead atoms. The average Bonchev–Trinajstić information content (AvgIpc) is 2.87. The number of carbonyl (C=O) groups is 1. The minimum atomic E-state index is -0.477. The molecule has 0 spiro atoms. The van der Waals surface area contributed by atoms with Crippen LogP contribution in [0.15, 0.2) is 43.9 Å². The van der Waals surface area contributed by atoms with Crippen LogP contribution in [-0.2, 0) is 11.3 Å². The molecule has 0 aliphatic carbocycles. The highest BCUT2D eigenvalue weighted by molar-refractivity contribution is 9.11. The van der Waals surface area contributed by atoms with Crippen molar-refractivity contribution >= 4 is 43.5 Å². The molecule has 0 aliphatic heterocycles. The number of methoxy groups -OCH3 is 1. The highest BCUT2D eigenvalue weighted by Crippen LogP contribution is 2.27. The van der Waals surface area contributed by atoms with E-state index in [1.165, 1.54) is 13.4 Å². The van der Waals surface area contributed by atoms with Crippen LogP contribution in [0.1, 0.15) is 16.1 Å². The van der Waals surface area contributed by atoms with Crippen LogP contribution in [0.5, 0.6) is 0 Å². The lowest BCUT2D eigenvalue weighted by molar-refractivity contribution is 0.0563. The second-order valence-corrected chi connectivity index (χ2v) is 5.51. The normalized spacial score (nSPS) is 10.3. The smallest absolute Gasteiger partial charge is 0.374 e.